The smallest absolute Gasteiger partial charge is 0.267 e. The van der Waals surface area contributed by atoms with Crippen LogP contribution in [0.25, 0.3) is 0 Å². The van der Waals surface area contributed by atoms with Crippen molar-refractivity contribution in [3.05, 3.63) is 42.5 Å². The molecule has 2 atom stereocenters. The second-order valence-electron chi connectivity index (χ2n) is 6.35. The second-order valence-corrected chi connectivity index (χ2v) is 8.16. The Hall–Kier alpha value is -1.62. The van der Waals surface area contributed by atoms with Gasteiger partial charge in [0.25, 0.3) is 10.0 Å². The number of piperidine rings is 1. The SMILES string of the molecule is C=C[C@H]1C[C@H](C2CC2)CC(=O)N1S(=O)(=O)c1ccc(C)cc1. The maximum atomic E-state index is 12.8. The third-order valence-electron chi connectivity index (χ3n) is 4.67. The molecule has 0 aromatic heterocycles. The van der Waals surface area contributed by atoms with Gasteiger partial charge in [-0.3, -0.25) is 4.79 Å². The highest BCUT2D eigenvalue weighted by molar-refractivity contribution is 7.89. The van der Waals surface area contributed by atoms with Gasteiger partial charge in [0, 0.05) is 6.42 Å². The van der Waals surface area contributed by atoms with Crippen molar-refractivity contribution < 1.29 is 13.2 Å². The average molecular weight is 319 g/mol. The predicted octanol–water partition coefficient (Wildman–Crippen LogP) is 2.89. The Bertz CT molecular complexity index is 689. The van der Waals surface area contributed by atoms with Crippen LogP contribution in [0.5, 0.6) is 0 Å². The van der Waals surface area contributed by atoms with Crippen molar-refractivity contribution in [3.8, 4) is 0 Å². The number of sulfonamides is 1. The molecule has 0 N–H and O–H groups in total. The fraction of sp³-hybridized carbons (Fsp3) is 0.471. The first-order valence-corrected chi connectivity index (χ1v) is 9.14. The molecular weight excluding hydrogens is 298 g/mol. The number of hydrogen-bond donors (Lipinski definition) is 0. The van der Waals surface area contributed by atoms with E-state index in [1.54, 1.807) is 30.3 Å². The number of rotatable bonds is 4. The van der Waals surface area contributed by atoms with Crippen LogP contribution in [0, 0.1) is 18.8 Å². The molecule has 1 aliphatic heterocycles. The quantitative estimate of drug-likeness (QED) is 0.802. The highest BCUT2D eigenvalue weighted by Crippen LogP contribution is 2.44. The minimum atomic E-state index is -3.81. The number of carbonyl (C=O) groups is 1. The Morgan fingerprint density at radius 2 is 1.82 bits per heavy atom. The molecule has 0 spiro atoms. The molecule has 22 heavy (non-hydrogen) atoms. The van der Waals surface area contributed by atoms with E-state index in [1.807, 2.05) is 6.92 Å². The largest absolute Gasteiger partial charge is 0.274 e. The molecule has 0 unspecified atom stereocenters. The standard InChI is InChI=1S/C17H21NO3S/c1-3-15-10-14(13-6-7-13)11-17(19)18(15)22(20,21)16-8-4-12(2)5-9-16/h3-5,8-9,13-15H,1,6-7,10-11H2,2H3/t14-,15-/m0/s1. The van der Waals surface area contributed by atoms with E-state index in [0.717, 1.165) is 22.7 Å². The normalized spacial score (nSPS) is 26.0. The molecule has 2 fully saturated rings. The van der Waals surface area contributed by atoms with E-state index < -0.39 is 16.1 Å². The molecule has 5 heteroatoms. The molecule has 0 radical (unpaired) electrons. The maximum absolute atomic E-state index is 12.8. The fourth-order valence-corrected chi connectivity index (χ4v) is 4.82. The van der Waals surface area contributed by atoms with Gasteiger partial charge in [0.1, 0.15) is 0 Å². The van der Waals surface area contributed by atoms with E-state index in [0.29, 0.717) is 24.7 Å². The Labute approximate surface area is 131 Å². The summed E-state index contributed by atoms with van der Waals surface area (Å²) >= 11 is 0. The lowest BCUT2D eigenvalue weighted by Crippen LogP contribution is -2.49. The molecule has 0 bridgehead atoms. The summed E-state index contributed by atoms with van der Waals surface area (Å²) < 4.78 is 26.7. The number of benzene rings is 1. The highest BCUT2D eigenvalue weighted by atomic mass is 32.2. The summed E-state index contributed by atoms with van der Waals surface area (Å²) in [7, 11) is -3.81. The highest BCUT2D eigenvalue weighted by Gasteiger charge is 2.44. The zero-order chi connectivity index (χ0) is 15.9. The minimum Gasteiger partial charge on any atom is -0.274 e. The van der Waals surface area contributed by atoms with Gasteiger partial charge in [-0.25, -0.2) is 12.7 Å². The molecule has 1 saturated carbocycles. The van der Waals surface area contributed by atoms with Gasteiger partial charge in [-0.2, -0.15) is 0 Å². The monoisotopic (exact) mass is 319 g/mol. The van der Waals surface area contributed by atoms with Crippen LogP contribution in [-0.2, 0) is 14.8 Å². The zero-order valence-electron chi connectivity index (χ0n) is 12.7. The Morgan fingerprint density at radius 1 is 1.18 bits per heavy atom. The number of amides is 1. The lowest BCUT2D eigenvalue weighted by Gasteiger charge is -2.37. The van der Waals surface area contributed by atoms with Crippen molar-refractivity contribution >= 4 is 15.9 Å². The topological polar surface area (TPSA) is 54.5 Å². The van der Waals surface area contributed by atoms with Crippen LogP contribution in [0.3, 0.4) is 0 Å². The van der Waals surface area contributed by atoms with Crippen molar-refractivity contribution in [2.75, 3.05) is 0 Å². The van der Waals surface area contributed by atoms with Crippen molar-refractivity contribution in [2.24, 2.45) is 11.8 Å². The number of nitrogens with zero attached hydrogens (tertiary/aromatic N) is 1. The van der Waals surface area contributed by atoms with E-state index in [2.05, 4.69) is 6.58 Å². The van der Waals surface area contributed by atoms with Gasteiger partial charge >= 0.3 is 0 Å². The summed E-state index contributed by atoms with van der Waals surface area (Å²) in [6, 6.07) is 6.18. The van der Waals surface area contributed by atoms with Crippen LogP contribution in [-0.4, -0.2) is 24.7 Å². The van der Waals surface area contributed by atoms with Crippen LogP contribution in [0.2, 0.25) is 0 Å². The molecular formula is C17H21NO3S. The number of aryl methyl sites for hydroxylation is 1. The first kappa shape index (κ1) is 15.3. The van der Waals surface area contributed by atoms with Crippen LogP contribution >= 0.6 is 0 Å². The predicted molar refractivity (Wildman–Crippen MR) is 84.6 cm³/mol. The Balaban J connectivity index is 1.92. The molecule has 4 nitrogen and oxygen atoms in total. The molecule has 1 saturated heterocycles. The first-order valence-electron chi connectivity index (χ1n) is 7.70. The summed E-state index contributed by atoms with van der Waals surface area (Å²) in [4.78, 5) is 12.7. The first-order chi connectivity index (χ1) is 10.4. The van der Waals surface area contributed by atoms with Gasteiger partial charge in [-0.1, -0.05) is 23.8 Å². The van der Waals surface area contributed by atoms with E-state index in [-0.39, 0.29) is 10.8 Å². The molecule has 1 amide bonds. The lowest BCUT2D eigenvalue weighted by atomic mass is 9.88. The molecule has 2 aliphatic rings. The minimum absolute atomic E-state index is 0.170. The van der Waals surface area contributed by atoms with Crippen LogP contribution in [0.15, 0.2) is 41.8 Å². The molecule has 118 valence electrons. The van der Waals surface area contributed by atoms with Crippen molar-refractivity contribution in [2.45, 2.75) is 43.5 Å². The van der Waals surface area contributed by atoms with Gasteiger partial charge in [-0.15, -0.1) is 6.58 Å². The van der Waals surface area contributed by atoms with Gasteiger partial charge in [0.15, 0.2) is 0 Å². The van der Waals surface area contributed by atoms with Gasteiger partial charge in [0.2, 0.25) is 5.91 Å². The molecule has 1 heterocycles. The average Bonchev–Trinajstić information content (AvgIpc) is 3.31. The lowest BCUT2D eigenvalue weighted by molar-refractivity contribution is -0.131. The van der Waals surface area contributed by atoms with Gasteiger partial charge in [0.05, 0.1) is 10.9 Å². The maximum Gasteiger partial charge on any atom is 0.267 e. The summed E-state index contributed by atoms with van der Waals surface area (Å²) in [5, 5.41) is 0. The van der Waals surface area contributed by atoms with E-state index in [1.165, 1.54) is 0 Å². The number of hydrogen-bond acceptors (Lipinski definition) is 3. The van der Waals surface area contributed by atoms with Gasteiger partial charge in [-0.05, 0) is 50.2 Å². The molecule has 1 aromatic rings. The van der Waals surface area contributed by atoms with Crippen LogP contribution in [0.4, 0.5) is 0 Å². The van der Waals surface area contributed by atoms with E-state index in [9.17, 15) is 13.2 Å². The third-order valence-corrected chi connectivity index (χ3v) is 6.53. The Kier molecular flexibility index (Phi) is 3.85. The van der Waals surface area contributed by atoms with Crippen molar-refractivity contribution in [3.63, 3.8) is 0 Å². The fourth-order valence-electron chi connectivity index (χ4n) is 3.24. The molecule has 3 rings (SSSR count). The zero-order valence-corrected chi connectivity index (χ0v) is 13.6. The number of carbonyl (C=O) groups excluding carboxylic acids is 1. The van der Waals surface area contributed by atoms with Crippen LogP contribution < -0.4 is 0 Å². The second kappa shape index (κ2) is 5.54. The van der Waals surface area contributed by atoms with E-state index in [4.69, 9.17) is 0 Å². The van der Waals surface area contributed by atoms with E-state index >= 15 is 0 Å². The third kappa shape index (κ3) is 2.70. The Morgan fingerprint density at radius 3 is 2.36 bits per heavy atom. The summed E-state index contributed by atoms with van der Waals surface area (Å²) in [6.45, 7) is 5.64. The molecule has 1 aromatic carbocycles. The van der Waals surface area contributed by atoms with Crippen molar-refractivity contribution in [1.29, 1.82) is 0 Å². The van der Waals surface area contributed by atoms with Crippen LogP contribution in [0.1, 0.15) is 31.2 Å². The summed E-state index contributed by atoms with van der Waals surface area (Å²) in [6.07, 6.45) is 4.95. The molecule has 1 aliphatic carbocycles. The summed E-state index contributed by atoms with van der Waals surface area (Å²) in [5.41, 5.74) is 0.984. The summed E-state index contributed by atoms with van der Waals surface area (Å²) in [5.74, 6) is 0.601. The van der Waals surface area contributed by atoms with Crippen molar-refractivity contribution in [1.82, 2.24) is 4.31 Å². The van der Waals surface area contributed by atoms with Gasteiger partial charge < -0.3 is 0 Å².